The zero-order chi connectivity index (χ0) is 17.7. The van der Waals surface area contributed by atoms with E-state index in [4.69, 9.17) is 5.73 Å². The Hall–Kier alpha value is -2.02. The number of likely N-dealkylation sites (tertiary alicyclic amines) is 1. The summed E-state index contributed by atoms with van der Waals surface area (Å²) < 4.78 is 26.3. The highest BCUT2D eigenvalue weighted by Crippen LogP contribution is 2.19. The molecular formula is C17H23F2N3O2. The number of nitrogens with one attached hydrogen (secondary N) is 1. The first-order valence-electron chi connectivity index (χ1n) is 8.04. The number of hydrogen-bond donors (Lipinski definition) is 2. The van der Waals surface area contributed by atoms with Gasteiger partial charge < -0.3 is 16.0 Å². The summed E-state index contributed by atoms with van der Waals surface area (Å²) in [5.41, 5.74) is 6.58. The van der Waals surface area contributed by atoms with Crippen LogP contribution < -0.4 is 11.1 Å². The molecule has 1 fully saturated rings. The van der Waals surface area contributed by atoms with E-state index in [0.717, 1.165) is 5.56 Å². The number of amides is 2. The second-order valence-corrected chi connectivity index (χ2v) is 6.23. The summed E-state index contributed by atoms with van der Waals surface area (Å²) in [6.45, 7) is 1.16. The third-order valence-electron chi connectivity index (χ3n) is 4.20. The van der Waals surface area contributed by atoms with E-state index < -0.39 is 30.8 Å². The lowest BCUT2D eigenvalue weighted by Gasteiger charge is -2.32. The van der Waals surface area contributed by atoms with Crippen LogP contribution >= 0.6 is 0 Å². The lowest BCUT2D eigenvalue weighted by Crippen LogP contribution is -2.48. The molecule has 2 rings (SSSR count). The fourth-order valence-electron chi connectivity index (χ4n) is 2.69. The van der Waals surface area contributed by atoms with Crippen molar-refractivity contribution in [2.45, 2.75) is 25.7 Å². The Morgan fingerprint density at radius 2 is 2.00 bits per heavy atom. The third kappa shape index (κ3) is 4.74. The molecular weight excluding hydrogens is 316 g/mol. The Morgan fingerprint density at radius 3 is 2.62 bits per heavy atom. The van der Waals surface area contributed by atoms with Gasteiger partial charge in [0.05, 0.1) is 19.0 Å². The van der Waals surface area contributed by atoms with E-state index in [1.165, 1.54) is 0 Å². The summed E-state index contributed by atoms with van der Waals surface area (Å²) in [7, 11) is 0. The van der Waals surface area contributed by atoms with Crippen molar-refractivity contribution in [1.29, 1.82) is 0 Å². The van der Waals surface area contributed by atoms with Gasteiger partial charge in [0.1, 0.15) is 0 Å². The van der Waals surface area contributed by atoms with Crippen LogP contribution in [0.25, 0.3) is 0 Å². The van der Waals surface area contributed by atoms with E-state index in [1.807, 2.05) is 19.1 Å². The summed E-state index contributed by atoms with van der Waals surface area (Å²) in [6, 6.07) is 7.22. The zero-order valence-electron chi connectivity index (χ0n) is 13.7. The second-order valence-electron chi connectivity index (χ2n) is 6.23. The first-order valence-corrected chi connectivity index (χ1v) is 8.04. The minimum atomic E-state index is -3.11. The van der Waals surface area contributed by atoms with Gasteiger partial charge in [-0.15, -0.1) is 0 Å². The maximum Gasteiger partial charge on any atom is 0.277 e. The molecule has 3 N–H and O–H groups in total. The Bertz CT molecular complexity index is 590. The number of alkyl halides is 2. The number of carbonyl (C=O) groups excluding carboxylic acids is 2. The smallest absolute Gasteiger partial charge is 0.277 e. The largest absolute Gasteiger partial charge is 0.350 e. The molecule has 1 heterocycles. The summed E-state index contributed by atoms with van der Waals surface area (Å²) in [6.07, 6.45) is 1.25. The molecule has 0 aromatic heterocycles. The molecule has 0 saturated carbocycles. The first kappa shape index (κ1) is 18.3. The number of rotatable bonds is 5. The Labute approximate surface area is 140 Å². The van der Waals surface area contributed by atoms with Gasteiger partial charge in [0, 0.05) is 18.7 Å². The van der Waals surface area contributed by atoms with Gasteiger partial charge in [0.15, 0.2) is 0 Å². The van der Waals surface area contributed by atoms with Crippen molar-refractivity contribution < 1.29 is 18.4 Å². The molecule has 1 saturated heterocycles. The molecule has 132 valence electrons. The maximum absolute atomic E-state index is 13.1. The van der Waals surface area contributed by atoms with Gasteiger partial charge in [-0.25, -0.2) is 8.78 Å². The fraction of sp³-hybridized carbons (Fsp3) is 0.529. The molecule has 1 aromatic rings. The number of benzene rings is 1. The van der Waals surface area contributed by atoms with E-state index in [1.54, 1.807) is 17.0 Å². The van der Waals surface area contributed by atoms with Crippen molar-refractivity contribution in [2.24, 2.45) is 11.7 Å². The predicted octanol–water partition coefficient (Wildman–Crippen LogP) is 1.56. The maximum atomic E-state index is 13.1. The lowest BCUT2D eigenvalue weighted by atomic mass is 9.96. The molecule has 0 aliphatic carbocycles. The summed E-state index contributed by atoms with van der Waals surface area (Å²) in [5, 5.41) is 2.24. The minimum Gasteiger partial charge on any atom is -0.350 e. The Balaban J connectivity index is 1.94. The average molecular weight is 339 g/mol. The molecule has 1 aromatic carbocycles. The minimum absolute atomic E-state index is 0.139. The topological polar surface area (TPSA) is 75.4 Å². The average Bonchev–Trinajstić information content (AvgIpc) is 2.60. The fourth-order valence-corrected chi connectivity index (χ4v) is 2.69. The highest BCUT2D eigenvalue weighted by molar-refractivity contribution is 5.94. The van der Waals surface area contributed by atoms with Gasteiger partial charge in [0.25, 0.3) is 11.8 Å². The van der Waals surface area contributed by atoms with Crippen LogP contribution in [0.1, 0.15) is 28.8 Å². The van der Waals surface area contributed by atoms with Gasteiger partial charge in [-0.05, 0) is 31.9 Å². The van der Waals surface area contributed by atoms with Gasteiger partial charge in [-0.2, -0.15) is 0 Å². The molecule has 5 nitrogen and oxygen atoms in total. The second kappa shape index (κ2) is 7.70. The number of halogens is 2. The standard InChI is InChI=1S/C17H23F2N3O2/c1-12-4-6-13(7-5-12)16(24)22-8-2-3-14(9-22)15(23)21-11-17(18,19)10-20/h4-7,14H,2-3,8-11,20H2,1H3,(H,21,23). The van der Waals surface area contributed by atoms with E-state index in [0.29, 0.717) is 24.9 Å². The van der Waals surface area contributed by atoms with E-state index in [9.17, 15) is 18.4 Å². The van der Waals surface area contributed by atoms with Crippen molar-refractivity contribution >= 4 is 11.8 Å². The van der Waals surface area contributed by atoms with Crippen LogP contribution in [-0.2, 0) is 4.79 Å². The molecule has 1 atom stereocenters. The number of carbonyl (C=O) groups is 2. The van der Waals surface area contributed by atoms with E-state index in [2.05, 4.69) is 5.32 Å². The van der Waals surface area contributed by atoms with Gasteiger partial charge in [-0.1, -0.05) is 17.7 Å². The molecule has 0 spiro atoms. The SMILES string of the molecule is Cc1ccc(C(=O)N2CCCC(C(=O)NCC(F)(F)CN)C2)cc1. The van der Waals surface area contributed by atoms with Crippen molar-refractivity contribution in [1.82, 2.24) is 10.2 Å². The number of piperidine rings is 1. The van der Waals surface area contributed by atoms with Crippen molar-refractivity contribution in [3.63, 3.8) is 0 Å². The molecule has 0 bridgehead atoms. The van der Waals surface area contributed by atoms with Crippen molar-refractivity contribution in [3.05, 3.63) is 35.4 Å². The summed E-state index contributed by atoms with van der Waals surface area (Å²) in [5.74, 6) is -4.17. The molecule has 1 aliphatic heterocycles. The highest BCUT2D eigenvalue weighted by atomic mass is 19.3. The number of nitrogens with two attached hydrogens (primary N) is 1. The summed E-state index contributed by atoms with van der Waals surface area (Å²) >= 11 is 0. The third-order valence-corrected chi connectivity index (χ3v) is 4.20. The van der Waals surface area contributed by atoms with Gasteiger partial charge in [-0.3, -0.25) is 9.59 Å². The molecule has 1 aliphatic rings. The Morgan fingerprint density at radius 1 is 1.33 bits per heavy atom. The number of aryl methyl sites for hydroxylation is 1. The quantitative estimate of drug-likeness (QED) is 0.855. The number of nitrogens with zero attached hydrogens (tertiary/aromatic N) is 1. The van der Waals surface area contributed by atoms with Crippen LogP contribution in [0, 0.1) is 12.8 Å². The van der Waals surface area contributed by atoms with Crippen LogP contribution in [0.15, 0.2) is 24.3 Å². The van der Waals surface area contributed by atoms with Crippen molar-refractivity contribution in [3.8, 4) is 0 Å². The summed E-state index contributed by atoms with van der Waals surface area (Å²) in [4.78, 5) is 26.2. The van der Waals surface area contributed by atoms with Crippen molar-refractivity contribution in [2.75, 3.05) is 26.2 Å². The number of hydrogen-bond acceptors (Lipinski definition) is 3. The molecule has 0 radical (unpaired) electrons. The molecule has 24 heavy (non-hydrogen) atoms. The molecule has 2 amide bonds. The molecule has 7 heteroatoms. The Kier molecular flexibility index (Phi) is 5.88. The zero-order valence-corrected chi connectivity index (χ0v) is 13.7. The lowest BCUT2D eigenvalue weighted by molar-refractivity contribution is -0.128. The van der Waals surface area contributed by atoms with Crippen LogP contribution in [0.2, 0.25) is 0 Å². The monoisotopic (exact) mass is 339 g/mol. The normalized spacial score (nSPS) is 18.3. The van der Waals surface area contributed by atoms with Crippen LogP contribution in [-0.4, -0.2) is 48.8 Å². The highest BCUT2D eigenvalue weighted by Gasteiger charge is 2.32. The van der Waals surface area contributed by atoms with E-state index in [-0.39, 0.29) is 12.5 Å². The van der Waals surface area contributed by atoms with Gasteiger partial charge in [0.2, 0.25) is 5.91 Å². The van der Waals surface area contributed by atoms with E-state index >= 15 is 0 Å². The van der Waals surface area contributed by atoms with Crippen LogP contribution in [0.5, 0.6) is 0 Å². The van der Waals surface area contributed by atoms with Crippen LogP contribution in [0.4, 0.5) is 8.78 Å². The molecule has 1 unspecified atom stereocenters. The predicted molar refractivity (Wildman–Crippen MR) is 86.8 cm³/mol. The first-order chi connectivity index (χ1) is 11.3. The van der Waals surface area contributed by atoms with Crippen LogP contribution in [0.3, 0.4) is 0 Å². The van der Waals surface area contributed by atoms with Gasteiger partial charge >= 0.3 is 0 Å².